The highest BCUT2D eigenvalue weighted by Crippen LogP contribution is 2.29. The van der Waals surface area contributed by atoms with Crippen molar-refractivity contribution in [3.05, 3.63) is 68.8 Å². The molecule has 3 aromatic heterocycles. The van der Waals surface area contributed by atoms with Crippen LogP contribution in [0, 0.1) is 0 Å². The third kappa shape index (κ3) is 4.50. The zero-order chi connectivity index (χ0) is 17.6. The maximum Gasteiger partial charge on any atom is 0.313 e. The molecule has 1 atom stereocenters. The maximum absolute atomic E-state index is 11.9. The van der Waals surface area contributed by atoms with E-state index in [-0.39, 0.29) is 6.54 Å². The largest absolute Gasteiger partial charge is 0.383 e. The summed E-state index contributed by atoms with van der Waals surface area (Å²) in [7, 11) is 0. The van der Waals surface area contributed by atoms with Gasteiger partial charge in [-0.2, -0.15) is 11.3 Å². The smallest absolute Gasteiger partial charge is 0.313 e. The Morgan fingerprint density at radius 3 is 2.80 bits per heavy atom. The first kappa shape index (κ1) is 17.3. The summed E-state index contributed by atoms with van der Waals surface area (Å²) < 4.78 is 0. The highest BCUT2D eigenvalue weighted by molar-refractivity contribution is 7.12. The van der Waals surface area contributed by atoms with Gasteiger partial charge in [0.15, 0.2) is 0 Å². The van der Waals surface area contributed by atoms with Gasteiger partial charge in [-0.25, -0.2) is 0 Å². The predicted octanol–water partition coefficient (Wildman–Crippen LogP) is 2.54. The quantitative estimate of drug-likeness (QED) is 0.600. The first-order valence-corrected chi connectivity index (χ1v) is 9.17. The number of aliphatic hydroxyl groups is 1. The lowest BCUT2D eigenvalue weighted by atomic mass is 10.2. The summed E-state index contributed by atoms with van der Waals surface area (Å²) in [5, 5.41) is 19.1. The van der Waals surface area contributed by atoms with Gasteiger partial charge < -0.3 is 15.7 Å². The second-order valence-electron chi connectivity index (χ2n) is 5.14. The van der Waals surface area contributed by atoms with Gasteiger partial charge in [-0.1, -0.05) is 0 Å². The molecule has 3 rings (SSSR count). The van der Waals surface area contributed by atoms with E-state index in [4.69, 9.17) is 0 Å². The molecule has 6 nitrogen and oxygen atoms in total. The Balaban J connectivity index is 1.53. The van der Waals surface area contributed by atoms with Gasteiger partial charge in [0, 0.05) is 16.0 Å². The van der Waals surface area contributed by atoms with E-state index >= 15 is 0 Å². The van der Waals surface area contributed by atoms with Crippen LogP contribution in [0.15, 0.2) is 53.5 Å². The molecular formula is C17H15N3O3S2. The van der Waals surface area contributed by atoms with Crippen molar-refractivity contribution in [1.29, 1.82) is 0 Å². The van der Waals surface area contributed by atoms with Crippen LogP contribution >= 0.6 is 22.7 Å². The molecule has 3 N–H and O–H groups in total. The van der Waals surface area contributed by atoms with Gasteiger partial charge in [0.1, 0.15) is 6.10 Å². The third-order valence-electron chi connectivity index (χ3n) is 3.36. The van der Waals surface area contributed by atoms with Crippen molar-refractivity contribution in [2.75, 3.05) is 5.32 Å². The standard InChI is InChI=1S/C17H15N3O3S2/c21-15(11-5-7-24-10-11)14-4-3-13(25-14)9-19-16(22)17(23)20-12-2-1-6-18-8-12/h1-8,10,15,21H,9H2,(H,19,22)(H,20,23). The zero-order valence-corrected chi connectivity index (χ0v) is 14.6. The highest BCUT2D eigenvalue weighted by atomic mass is 32.1. The average molecular weight is 373 g/mol. The van der Waals surface area contributed by atoms with Crippen molar-refractivity contribution in [3.8, 4) is 0 Å². The van der Waals surface area contributed by atoms with Gasteiger partial charge in [0.05, 0.1) is 18.4 Å². The molecule has 0 aliphatic carbocycles. The summed E-state index contributed by atoms with van der Waals surface area (Å²) in [5.41, 5.74) is 1.30. The van der Waals surface area contributed by atoms with Crippen molar-refractivity contribution in [1.82, 2.24) is 10.3 Å². The predicted molar refractivity (Wildman–Crippen MR) is 97.4 cm³/mol. The molecule has 0 fully saturated rings. The average Bonchev–Trinajstić information content (AvgIpc) is 3.32. The van der Waals surface area contributed by atoms with E-state index in [0.29, 0.717) is 5.69 Å². The van der Waals surface area contributed by atoms with Crippen LogP contribution in [-0.2, 0) is 16.1 Å². The van der Waals surface area contributed by atoms with E-state index in [1.165, 1.54) is 28.9 Å². The van der Waals surface area contributed by atoms with Crippen LogP contribution in [0.5, 0.6) is 0 Å². The Morgan fingerprint density at radius 1 is 1.20 bits per heavy atom. The van der Waals surface area contributed by atoms with Gasteiger partial charge in [-0.15, -0.1) is 11.3 Å². The summed E-state index contributed by atoms with van der Waals surface area (Å²) in [6.07, 6.45) is 2.37. The molecule has 0 saturated carbocycles. The molecule has 0 saturated heterocycles. The number of aliphatic hydroxyl groups excluding tert-OH is 1. The van der Waals surface area contributed by atoms with Crippen LogP contribution in [0.25, 0.3) is 0 Å². The Bertz CT molecular complexity index is 847. The topological polar surface area (TPSA) is 91.3 Å². The first-order chi connectivity index (χ1) is 12.1. The van der Waals surface area contributed by atoms with Gasteiger partial charge in [0.2, 0.25) is 0 Å². The molecule has 0 bridgehead atoms. The van der Waals surface area contributed by atoms with Crippen molar-refractivity contribution < 1.29 is 14.7 Å². The summed E-state index contributed by atoms with van der Waals surface area (Å²) in [6.45, 7) is 0.223. The number of thiophene rings is 2. The first-order valence-electron chi connectivity index (χ1n) is 7.41. The molecule has 128 valence electrons. The number of nitrogens with zero attached hydrogens (tertiary/aromatic N) is 1. The molecule has 0 aromatic carbocycles. The molecular weight excluding hydrogens is 358 g/mol. The number of rotatable bonds is 5. The molecule has 0 radical (unpaired) electrons. The number of aromatic nitrogens is 1. The Kier molecular flexibility index (Phi) is 5.54. The number of anilines is 1. The Hall–Kier alpha value is -2.55. The van der Waals surface area contributed by atoms with Crippen LogP contribution in [0.1, 0.15) is 21.4 Å². The Labute approximate surface area is 152 Å². The molecule has 25 heavy (non-hydrogen) atoms. The van der Waals surface area contributed by atoms with Crippen LogP contribution in [0.3, 0.4) is 0 Å². The molecule has 0 aliphatic heterocycles. The van der Waals surface area contributed by atoms with Gasteiger partial charge in [0.25, 0.3) is 0 Å². The highest BCUT2D eigenvalue weighted by Gasteiger charge is 2.16. The number of nitrogens with one attached hydrogen (secondary N) is 2. The second-order valence-corrected chi connectivity index (χ2v) is 7.12. The zero-order valence-electron chi connectivity index (χ0n) is 13.0. The number of hydrogen-bond donors (Lipinski definition) is 3. The van der Waals surface area contributed by atoms with Crippen LogP contribution in [0.2, 0.25) is 0 Å². The van der Waals surface area contributed by atoms with Crippen LogP contribution in [-0.4, -0.2) is 21.9 Å². The van der Waals surface area contributed by atoms with Gasteiger partial charge >= 0.3 is 11.8 Å². The molecule has 3 heterocycles. The minimum absolute atomic E-state index is 0.223. The van der Waals surface area contributed by atoms with Crippen molar-refractivity contribution in [3.63, 3.8) is 0 Å². The number of amides is 2. The van der Waals surface area contributed by atoms with E-state index in [2.05, 4.69) is 15.6 Å². The van der Waals surface area contributed by atoms with Crippen molar-refractivity contribution in [2.45, 2.75) is 12.6 Å². The second kappa shape index (κ2) is 8.02. The summed E-state index contributed by atoms with van der Waals surface area (Å²) in [5.74, 6) is -1.47. The fourth-order valence-electron chi connectivity index (χ4n) is 2.10. The lowest BCUT2D eigenvalue weighted by molar-refractivity contribution is -0.136. The fourth-order valence-corrected chi connectivity index (χ4v) is 3.75. The van der Waals surface area contributed by atoms with Crippen molar-refractivity contribution in [2.24, 2.45) is 0 Å². The number of carbonyl (C=O) groups is 2. The molecule has 2 amide bonds. The van der Waals surface area contributed by atoms with Crippen LogP contribution < -0.4 is 10.6 Å². The number of hydrogen-bond acceptors (Lipinski definition) is 6. The maximum atomic E-state index is 11.9. The lowest BCUT2D eigenvalue weighted by Gasteiger charge is -2.06. The SMILES string of the molecule is O=C(NCc1ccc(C(O)c2ccsc2)s1)C(=O)Nc1cccnc1. The molecule has 1 unspecified atom stereocenters. The third-order valence-corrected chi connectivity index (χ3v) is 5.20. The van der Waals surface area contributed by atoms with Gasteiger partial charge in [-0.3, -0.25) is 14.6 Å². The number of pyridine rings is 1. The fraction of sp³-hybridized carbons (Fsp3) is 0.118. The number of carbonyl (C=O) groups excluding carboxylic acids is 2. The summed E-state index contributed by atoms with van der Waals surface area (Å²) in [4.78, 5) is 29.2. The van der Waals surface area contributed by atoms with E-state index in [1.807, 2.05) is 29.0 Å². The normalized spacial score (nSPS) is 11.7. The van der Waals surface area contributed by atoms with E-state index in [9.17, 15) is 14.7 Å². The van der Waals surface area contributed by atoms with E-state index in [0.717, 1.165) is 15.3 Å². The Morgan fingerprint density at radius 2 is 2.08 bits per heavy atom. The molecule has 3 aromatic rings. The minimum atomic E-state index is -0.747. The molecule has 0 spiro atoms. The molecule has 0 aliphatic rings. The molecule has 8 heteroatoms. The van der Waals surface area contributed by atoms with Gasteiger partial charge in [-0.05, 0) is 46.7 Å². The monoisotopic (exact) mass is 373 g/mol. The van der Waals surface area contributed by atoms with Crippen molar-refractivity contribution >= 4 is 40.2 Å². The van der Waals surface area contributed by atoms with E-state index in [1.54, 1.807) is 18.3 Å². The summed E-state index contributed by atoms with van der Waals surface area (Å²) in [6, 6.07) is 8.84. The summed E-state index contributed by atoms with van der Waals surface area (Å²) >= 11 is 2.92. The van der Waals surface area contributed by atoms with E-state index < -0.39 is 17.9 Å². The van der Waals surface area contributed by atoms with Crippen LogP contribution in [0.4, 0.5) is 5.69 Å². The lowest BCUT2D eigenvalue weighted by Crippen LogP contribution is -2.34. The minimum Gasteiger partial charge on any atom is -0.383 e.